The SMILES string of the molecule is COc1cc(C)cc(-c2cccc(O)c2O)c1OC. The van der Waals surface area contributed by atoms with Gasteiger partial charge in [0.15, 0.2) is 23.0 Å². The lowest BCUT2D eigenvalue weighted by molar-refractivity contribution is 0.355. The van der Waals surface area contributed by atoms with Crippen molar-refractivity contribution >= 4 is 0 Å². The predicted octanol–water partition coefficient (Wildman–Crippen LogP) is 3.09. The topological polar surface area (TPSA) is 58.9 Å². The van der Waals surface area contributed by atoms with E-state index in [9.17, 15) is 10.2 Å². The molecule has 2 rings (SSSR count). The second kappa shape index (κ2) is 5.10. The molecule has 2 aromatic carbocycles. The second-order valence-electron chi connectivity index (χ2n) is 4.22. The highest BCUT2D eigenvalue weighted by Crippen LogP contribution is 2.44. The summed E-state index contributed by atoms with van der Waals surface area (Å²) in [5, 5.41) is 19.6. The quantitative estimate of drug-likeness (QED) is 0.833. The molecule has 0 saturated carbocycles. The first kappa shape index (κ1) is 13.1. The minimum absolute atomic E-state index is 0.167. The number of aryl methyl sites for hydroxylation is 1. The third kappa shape index (κ3) is 2.29. The molecule has 19 heavy (non-hydrogen) atoms. The van der Waals surface area contributed by atoms with E-state index in [0.717, 1.165) is 5.56 Å². The van der Waals surface area contributed by atoms with Crippen LogP contribution in [0.3, 0.4) is 0 Å². The Morgan fingerprint density at radius 1 is 0.947 bits per heavy atom. The van der Waals surface area contributed by atoms with Crippen LogP contribution in [-0.4, -0.2) is 24.4 Å². The first-order chi connectivity index (χ1) is 9.08. The second-order valence-corrected chi connectivity index (χ2v) is 4.22. The molecule has 0 saturated heterocycles. The zero-order valence-electron chi connectivity index (χ0n) is 11.1. The minimum Gasteiger partial charge on any atom is -0.504 e. The monoisotopic (exact) mass is 260 g/mol. The summed E-state index contributed by atoms with van der Waals surface area (Å²) in [5.41, 5.74) is 2.14. The van der Waals surface area contributed by atoms with Crippen molar-refractivity contribution in [2.45, 2.75) is 6.92 Å². The number of methoxy groups -OCH3 is 2. The van der Waals surface area contributed by atoms with Gasteiger partial charge in [0.1, 0.15) is 0 Å². The molecule has 4 nitrogen and oxygen atoms in total. The van der Waals surface area contributed by atoms with Crippen LogP contribution < -0.4 is 9.47 Å². The summed E-state index contributed by atoms with van der Waals surface area (Å²) in [6.07, 6.45) is 0. The van der Waals surface area contributed by atoms with Crippen molar-refractivity contribution in [2.24, 2.45) is 0 Å². The Balaban J connectivity index is 2.74. The maximum atomic E-state index is 9.98. The summed E-state index contributed by atoms with van der Waals surface area (Å²) in [6, 6.07) is 8.53. The van der Waals surface area contributed by atoms with E-state index in [2.05, 4.69) is 0 Å². The first-order valence-electron chi connectivity index (χ1n) is 5.82. The van der Waals surface area contributed by atoms with Gasteiger partial charge in [0.2, 0.25) is 0 Å². The Labute approximate surface area is 111 Å². The lowest BCUT2D eigenvalue weighted by atomic mass is 10.00. The molecule has 2 aromatic rings. The largest absolute Gasteiger partial charge is 0.504 e. The van der Waals surface area contributed by atoms with E-state index in [-0.39, 0.29) is 11.5 Å². The first-order valence-corrected chi connectivity index (χ1v) is 5.82. The minimum atomic E-state index is -0.173. The molecule has 0 aliphatic carbocycles. The van der Waals surface area contributed by atoms with Crippen LogP contribution in [0.5, 0.6) is 23.0 Å². The fourth-order valence-electron chi connectivity index (χ4n) is 2.05. The summed E-state index contributed by atoms with van der Waals surface area (Å²) in [5.74, 6) is 0.766. The number of hydrogen-bond acceptors (Lipinski definition) is 4. The number of benzene rings is 2. The molecular formula is C15H16O4. The standard InChI is InChI=1S/C15H16O4/c1-9-7-11(15(19-3)13(8-9)18-2)10-5-4-6-12(16)14(10)17/h4-8,16-17H,1-3H3. The molecule has 2 N–H and O–H groups in total. The van der Waals surface area contributed by atoms with E-state index < -0.39 is 0 Å². The number of ether oxygens (including phenoxy) is 2. The van der Waals surface area contributed by atoms with E-state index in [4.69, 9.17) is 9.47 Å². The molecule has 100 valence electrons. The van der Waals surface area contributed by atoms with Crippen LogP contribution in [0.25, 0.3) is 11.1 Å². The molecule has 0 bridgehead atoms. The normalized spacial score (nSPS) is 10.3. The number of rotatable bonds is 3. The Bertz CT molecular complexity index is 605. The summed E-state index contributed by atoms with van der Waals surface area (Å²) in [4.78, 5) is 0. The highest BCUT2D eigenvalue weighted by molar-refractivity contribution is 5.80. The fourth-order valence-corrected chi connectivity index (χ4v) is 2.05. The lowest BCUT2D eigenvalue weighted by Gasteiger charge is -2.15. The highest BCUT2D eigenvalue weighted by Gasteiger charge is 2.17. The molecular weight excluding hydrogens is 244 g/mol. The van der Waals surface area contributed by atoms with Crippen LogP contribution in [0, 0.1) is 6.92 Å². The van der Waals surface area contributed by atoms with Gasteiger partial charge >= 0.3 is 0 Å². The maximum Gasteiger partial charge on any atom is 0.168 e. The van der Waals surface area contributed by atoms with Crippen LogP contribution in [-0.2, 0) is 0 Å². The summed E-state index contributed by atoms with van der Waals surface area (Å²) < 4.78 is 10.6. The lowest BCUT2D eigenvalue weighted by Crippen LogP contribution is -1.95. The van der Waals surface area contributed by atoms with Crippen molar-refractivity contribution in [3.8, 4) is 34.1 Å². The number of phenols is 2. The zero-order valence-corrected chi connectivity index (χ0v) is 11.1. The van der Waals surface area contributed by atoms with Crippen molar-refractivity contribution in [3.05, 3.63) is 35.9 Å². The van der Waals surface area contributed by atoms with Gasteiger partial charge in [0.05, 0.1) is 14.2 Å². The molecule has 0 radical (unpaired) electrons. The van der Waals surface area contributed by atoms with Gasteiger partial charge in [-0.15, -0.1) is 0 Å². The molecule has 0 unspecified atom stereocenters. The van der Waals surface area contributed by atoms with Crippen molar-refractivity contribution in [1.29, 1.82) is 0 Å². The average Bonchev–Trinajstić information content (AvgIpc) is 2.40. The van der Waals surface area contributed by atoms with Crippen LogP contribution in [0.4, 0.5) is 0 Å². The van der Waals surface area contributed by atoms with Gasteiger partial charge in [-0.3, -0.25) is 0 Å². The molecule has 4 heteroatoms. The summed E-state index contributed by atoms with van der Waals surface area (Å²) in [6.45, 7) is 1.92. The fraction of sp³-hybridized carbons (Fsp3) is 0.200. The molecule has 0 aliphatic rings. The molecule has 0 aromatic heterocycles. The zero-order chi connectivity index (χ0) is 14.0. The van der Waals surface area contributed by atoms with E-state index in [0.29, 0.717) is 22.6 Å². The number of hydrogen-bond donors (Lipinski definition) is 2. The number of para-hydroxylation sites is 1. The van der Waals surface area contributed by atoms with Crippen molar-refractivity contribution in [2.75, 3.05) is 14.2 Å². The summed E-state index contributed by atoms with van der Waals surface area (Å²) in [7, 11) is 3.10. The van der Waals surface area contributed by atoms with Gasteiger partial charge in [-0.1, -0.05) is 12.1 Å². The third-order valence-corrected chi connectivity index (χ3v) is 2.93. The molecule has 0 amide bonds. The van der Waals surface area contributed by atoms with E-state index >= 15 is 0 Å². The van der Waals surface area contributed by atoms with Gasteiger partial charge in [0, 0.05) is 11.1 Å². The third-order valence-electron chi connectivity index (χ3n) is 2.93. The summed E-state index contributed by atoms with van der Waals surface area (Å²) >= 11 is 0. The smallest absolute Gasteiger partial charge is 0.168 e. The van der Waals surface area contributed by atoms with Crippen LogP contribution in [0.2, 0.25) is 0 Å². The van der Waals surface area contributed by atoms with Gasteiger partial charge in [-0.2, -0.15) is 0 Å². The highest BCUT2D eigenvalue weighted by atomic mass is 16.5. The number of aromatic hydroxyl groups is 2. The Kier molecular flexibility index (Phi) is 3.51. The molecule has 0 fully saturated rings. The molecule has 0 aliphatic heterocycles. The van der Waals surface area contributed by atoms with Crippen molar-refractivity contribution in [1.82, 2.24) is 0 Å². The Morgan fingerprint density at radius 3 is 2.32 bits per heavy atom. The van der Waals surface area contributed by atoms with E-state index in [1.165, 1.54) is 13.2 Å². The average molecular weight is 260 g/mol. The van der Waals surface area contributed by atoms with Gasteiger partial charge in [-0.05, 0) is 30.7 Å². The van der Waals surface area contributed by atoms with Crippen LogP contribution in [0.1, 0.15) is 5.56 Å². The predicted molar refractivity (Wildman–Crippen MR) is 73.0 cm³/mol. The molecule has 0 atom stereocenters. The van der Waals surface area contributed by atoms with Gasteiger partial charge in [0.25, 0.3) is 0 Å². The van der Waals surface area contributed by atoms with Crippen LogP contribution in [0.15, 0.2) is 30.3 Å². The van der Waals surface area contributed by atoms with E-state index in [1.807, 2.05) is 19.1 Å². The van der Waals surface area contributed by atoms with E-state index in [1.54, 1.807) is 19.2 Å². The van der Waals surface area contributed by atoms with Crippen molar-refractivity contribution in [3.63, 3.8) is 0 Å². The van der Waals surface area contributed by atoms with Gasteiger partial charge in [-0.25, -0.2) is 0 Å². The van der Waals surface area contributed by atoms with Crippen LogP contribution >= 0.6 is 0 Å². The molecule has 0 spiro atoms. The number of phenolic OH excluding ortho intramolecular Hbond substituents is 2. The molecule has 0 heterocycles. The van der Waals surface area contributed by atoms with Crippen molar-refractivity contribution < 1.29 is 19.7 Å². The van der Waals surface area contributed by atoms with Gasteiger partial charge < -0.3 is 19.7 Å². The maximum absolute atomic E-state index is 9.98. The Morgan fingerprint density at radius 2 is 1.68 bits per heavy atom. The Hall–Kier alpha value is -2.36.